The van der Waals surface area contributed by atoms with Crippen LogP contribution in [-0.4, -0.2) is 44.7 Å². The zero-order chi connectivity index (χ0) is 71.2. The average Bonchev–Trinajstić information content (AvgIpc) is 1.77. The van der Waals surface area contributed by atoms with Crippen LogP contribution < -0.4 is 30.7 Å². The van der Waals surface area contributed by atoms with Crippen molar-refractivity contribution in [3.8, 4) is 11.8 Å². The van der Waals surface area contributed by atoms with Crippen LogP contribution in [0.5, 0.6) is 11.8 Å². The fourth-order valence-electron chi connectivity index (χ4n) is 11.7. The maximum Gasteiger partial charge on any atom is 0.417 e. The Hall–Kier alpha value is -8.01. The Morgan fingerprint density at radius 1 is 0.586 bits per heavy atom. The average molecular weight is 1450 g/mol. The summed E-state index contributed by atoms with van der Waals surface area (Å²) in [5.41, 5.74) is 2.03. The van der Waals surface area contributed by atoms with E-state index in [-0.39, 0.29) is 48.7 Å². The summed E-state index contributed by atoms with van der Waals surface area (Å²) in [4.78, 5) is 40.6. The first kappa shape index (κ1) is 80.0. The SMILES string of the molecule is C1CCCC1.CC(C)C1CCCC1P(c1ccccc1)c1ccccc1.[C-]#[N+]c1cccc(/C(Cc2ccc(Cl)cc2)=C(/C)NC(=O)C(C)(C)Oc2ccc(C(F)(F)F)cn2)c1.[C-]#[N+]c1cccc([C@H](Cc2ccc(Cl)cc2)C(C)NC(=O)C(C)(C)Oc2ccc(C(F)(F)F)cn2)c1.[Fe]. The van der Waals surface area contributed by atoms with Gasteiger partial charge in [0.1, 0.15) is 0 Å². The van der Waals surface area contributed by atoms with Crippen LogP contribution in [0.25, 0.3) is 15.3 Å². The van der Waals surface area contributed by atoms with Crippen LogP contribution in [0.3, 0.4) is 0 Å². The van der Waals surface area contributed by atoms with E-state index in [1.807, 2.05) is 43.3 Å². The summed E-state index contributed by atoms with van der Waals surface area (Å²) in [6.07, 6.45) is 5.03. The van der Waals surface area contributed by atoms with Gasteiger partial charge in [-0.1, -0.05) is 209 Å². The molecule has 2 aliphatic rings. The molecular weight excluding hydrogens is 1370 g/mol. The van der Waals surface area contributed by atoms with Gasteiger partial charge in [-0.05, 0) is 168 Å². The molecule has 0 bridgehead atoms. The molecule has 2 fully saturated rings. The van der Waals surface area contributed by atoms with Gasteiger partial charge >= 0.3 is 12.4 Å². The van der Waals surface area contributed by atoms with Crippen LogP contribution >= 0.6 is 31.1 Å². The normalized spacial score (nSPS) is 15.3. The van der Waals surface area contributed by atoms with Crippen LogP contribution in [0.1, 0.15) is 146 Å². The summed E-state index contributed by atoms with van der Waals surface area (Å²) < 4.78 is 88.0. The van der Waals surface area contributed by atoms with Gasteiger partial charge in [0.2, 0.25) is 11.8 Å². The summed E-state index contributed by atoms with van der Waals surface area (Å²) >= 11 is 12.0. The molecule has 20 heteroatoms. The van der Waals surface area contributed by atoms with Crippen molar-refractivity contribution in [3.63, 3.8) is 0 Å². The number of carbonyl (C=O) groups excluding carboxylic acids is 2. The second-order valence-electron chi connectivity index (χ2n) is 25.6. The number of carbonyl (C=O) groups is 2. The fourth-order valence-corrected chi connectivity index (χ4v) is 15.3. The number of nitrogens with one attached hydrogen (secondary N) is 2. The van der Waals surface area contributed by atoms with Crippen molar-refractivity contribution >= 4 is 70.5 Å². The largest absolute Gasteiger partial charge is 0.462 e. The van der Waals surface area contributed by atoms with Gasteiger partial charge in [0, 0.05) is 69.3 Å². The fraction of sp³-hybridized carbons (Fsp3) is 0.342. The van der Waals surface area contributed by atoms with Crippen molar-refractivity contribution in [1.29, 1.82) is 0 Å². The number of aromatic nitrogens is 2. The number of pyridine rings is 2. The number of benzene rings is 6. The molecule has 0 saturated heterocycles. The van der Waals surface area contributed by atoms with E-state index in [1.54, 1.807) is 78.2 Å². The molecule has 6 aromatic carbocycles. The van der Waals surface area contributed by atoms with Gasteiger partial charge in [0.05, 0.1) is 24.3 Å². The molecule has 2 aromatic heterocycles. The number of allylic oxidation sites excluding steroid dienone is 2. The summed E-state index contributed by atoms with van der Waals surface area (Å²) in [6, 6.07) is 54.9. The molecule has 2 N–H and O–H groups in total. The Kier molecular flexibility index (Phi) is 30.2. The van der Waals surface area contributed by atoms with Crippen LogP contribution in [0.2, 0.25) is 10.0 Å². The number of hydrogen-bond donors (Lipinski definition) is 2. The molecular formula is C79H83Cl2F6FeN6O4P. The second kappa shape index (κ2) is 37.4. The zero-order valence-electron chi connectivity index (χ0n) is 56.7. The monoisotopic (exact) mass is 1450 g/mol. The van der Waals surface area contributed by atoms with Gasteiger partial charge in [0.15, 0.2) is 22.6 Å². The second-order valence-corrected chi connectivity index (χ2v) is 28.9. The molecule has 10 nitrogen and oxygen atoms in total. The number of alkyl halides is 6. The molecule has 2 aliphatic carbocycles. The number of ether oxygens (including phenoxy) is 2. The van der Waals surface area contributed by atoms with Crippen LogP contribution in [0.15, 0.2) is 200 Å². The standard InChI is InChI=1S/C27H25ClF3N3O2.C27H23ClF3N3O2.C20H25P.C5H10.Fe/c2*1-17(34-25(35)26(2,3)36-24-13-10-20(16-33-24)27(29,30)31)23(14-18-8-11-21(28)12-9-18)19-6-5-7-22(15-19)32-4;1-16(2)19-14-9-15-20(19)21(17-10-5-3-6-11-17)18-12-7-4-8-13-18;1-2-4-5-3-1;/h5-13,15-17,23H,14H2,1-3H3,(H,34,35);5-13,15-16H,14H2,1-3H3,(H,34,35);3-8,10-13,16,19-20H,9,14-15H2,1-2H3;1-5H2;/b;23-17-;;;/t17?,23-;;;;/m1..../s1. The molecule has 0 spiro atoms. The Morgan fingerprint density at radius 2 is 1.05 bits per heavy atom. The zero-order valence-corrected chi connectivity index (χ0v) is 60.2. The number of amides is 2. The molecule has 99 heavy (non-hydrogen) atoms. The Bertz CT molecular complexity index is 3930. The first-order chi connectivity index (χ1) is 46.5. The predicted molar refractivity (Wildman–Crippen MR) is 383 cm³/mol. The van der Waals surface area contributed by atoms with E-state index in [9.17, 15) is 35.9 Å². The van der Waals surface area contributed by atoms with Crippen molar-refractivity contribution < 1.29 is 62.5 Å². The van der Waals surface area contributed by atoms with E-state index in [0.717, 1.165) is 69.6 Å². The quantitative estimate of drug-likeness (QED) is 0.0361. The van der Waals surface area contributed by atoms with Gasteiger partial charge in [-0.3, -0.25) is 9.59 Å². The first-order valence-corrected chi connectivity index (χ1v) is 34.8. The molecule has 0 radical (unpaired) electrons. The van der Waals surface area contributed by atoms with Crippen molar-refractivity contribution in [3.05, 3.63) is 266 Å². The minimum Gasteiger partial charge on any atom is -0.462 e. The van der Waals surface area contributed by atoms with Crippen molar-refractivity contribution in [2.75, 3.05) is 0 Å². The van der Waals surface area contributed by atoms with Crippen LogP contribution in [-0.2, 0) is 51.9 Å². The van der Waals surface area contributed by atoms with Gasteiger partial charge in [0.25, 0.3) is 11.8 Å². The smallest absolute Gasteiger partial charge is 0.417 e. The molecule has 8 aromatic rings. The predicted octanol–water partition coefficient (Wildman–Crippen LogP) is 21.1. The summed E-state index contributed by atoms with van der Waals surface area (Å²) in [5.74, 6) is 0.313. The third-order valence-electron chi connectivity index (χ3n) is 17.1. The van der Waals surface area contributed by atoms with Crippen molar-refractivity contribution in [2.45, 2.75) is 161 Å². The van der Waals surface area contributed by atoms with E-state index < -0.39 is 46.5 Å². The molecule has 2 heterocycles. The Morgan fingerprint density at radius 3 is 1.51 bits per heavy atom. The number of hydrogen-bond acceptors (Lipinski definition) is 6. The molecule has 0 aliphatic heterocycles. The Labute approximate surface area is 600 Å². The number of nitrogens with zero attached hydrogens (tertiary/aromatic N) is 4. The number of halogens is 8. The van der Waals surface area contributed by atoms with E-state index >= 15 is 0 Å². The third-order valence-corrected chi connectivity index (χ3v) is 20.6. The maximum atomic E-state index is 13.2. The van der Waals surface area contributed by atoms with Gasteiger partial charge in [-0.15, -0.1) is 0 Å². The van der Waals surface area contributed by atoms with Crippen molar-refractivity contribution in [2.24, 2.45) is 11.8 Å². The van der Waals surface area contributed by atoms with Crippen LogP contribution in [0.4, 0.5) is 37.7 Å². The topological polar surface area (TPSA) is 111 Å². The minimum absolute atomic E-state index is 0. The van der Waals surface area contributed by atoms with Gasteiger partial charge in [-0.2, -0.15) is 26.3 Å². The number of rotatable bonds is 19. The minimum atomic E-state index is -4.52. The van der Waals surface area contributed by atoms with Crippen LogP contribution in [0, 0.1) is 25.0 Å². The first-order valence-electron chi connectivity index (χ1n) is 32.7. The van der Waals surface area contributed by atoms with E-state index in [2.05, 4.69) is 105 Å². The summed E-state index contributed by atoms with van der Waals surface area (Å²) in [5, 5.41) is 10.1. The molecule has 2 saturated carbocycles. The maximum absolute atomic E-state index is 13.2. The Balaban J connectivity index is 0.000000231. The summed E-state index contributed by atoms with van der Waals surface area (Å²) in [6.45, 7) is 29.1. The molecule has 4 atom stereocenters. The third kappa shape index (κ3) is 24.4. The molecule has 522 valence electrons. The van der Waals surface area contributed by atoms with E-state index in [4.69, 9.17) is 45.8 Å². The van der Waals surface area contributed by atoms with Gasteiger partial charge < -0.3 is 20.1 Å². The summed E-state index contributed by atoms with van der Waals surface area (Å²) in [7, 11) is -0.224. The van der Waals surface area contributed by atoms with E-state index in [0.29, 0.717) is 52.4 Å². The molecule has 2 amide bonds. The van der Waals surface area contributed by atoms with Gasteiger partial charge in [-0.25, -0.2) is 19.7 Å². The van der Waals surface area contributed by atoms with E-state index in [1.165, 1.54) is 79.1 Å². The molecule has 3 unspecified atom stereocenters. The molecule has 10 rings (SSSR count). The van der Waals surface area contributed by atoms with Crippen molar-refractivity contribution in [1.82, 2.24) is 20.6 Å².